The van der Waals surface area contributed by atoms with E-state index in [1.165, 1.54) is 6.26 Å². The Bertz CT molecular complexity index is 513. The van der Waals surface area contributed by atoms with Crippen LogP contribution in [-0.2, 0) is 16.0 Å². The molecule has 19 heavy (non-hydrogen) atoms. The number of aryl methyl sites for hydroxylation is 1. The van der Waals surface area contributed by atoms with Crippen LogP contribution in [0.1, 0.15) is 12.0 Å². The van der Waals surface area contributed by atoms with Gasteiger partial charge in [-0.2, -0.15) is 0 Å². The molecule has 0 bridgehead atoms. The average Bonchev–Trinajstić information content (AvgIpc) is 2.83. The Balaban J connectivity index is 1.98. The number of nitrogens with zero attached hydrogens (tertiary/aromatic N) is 1. The Kier molecular flexibility index (Phi) is 3.37. The van der Waals surface area contributed by atoms with Crippen molar-refractivity contribution in [2.45, 2.75) is 18.7 Å². The Morgan fingerprint density at radius 3 is 2.58 bits per heavy atom. The zero-order chi connectivity index (χ0) is 13.9. The SMILES string of the molecule is NC(=O)C1([N+](=O)[O-])NC(CCc2ccccc2)=CO1. The molecule has 1 aromatic rings. The molecule has 1 atom stereocenters. The largest absolute Gasteiger partial charge is 0.528 e. The van der Waals surface area contributed by atoms with Crippen molar-refractivity contribution in [3.8, 4) is 0 Å². The Morgan fingerprint density at radius 1 is 1.37 bits per heavy atom. The molecule has 0 spiro atoms. The summed E-state index contributed by atoms with van der Waals surface area (Å²) in [5.74, 6) is -3.55. The number of hydrogen-bond acceptors (Lipinski definition) is 5. The zero-order valence-electron chi connectivity index (χ0n) is 10.0. The van der Waals surface area contributed by atoms with E-state index in [9.17, 15) is 14.9 Å². The van der Waals surface area contributed by atoms with E-state index in [1.807, 2.05) is 30.3 Å². The van der Waals surface area contributed by atoms with Gasteiger partial charge in [-0.05, 0) is 18.4 Å². The number of hydrogen-bond donors (Lipinski definition) is 2. The summed E-state index contributed by atoms with van der Waals surface area (Å²) in [4.78, 5) is 21.1. The maximum Gasteiger partial charge on any atom is 0.528 e. The summed E-state index contributed by atoms with van der Waals surface area (Å²) in [6, 6.07) is 9.63. The standard InChI is InChI=1S/C12H13N3O4/c13-11(16)12(15(17)18)14-10(8-19-12)7-6-9-4-2-1-3-5-9/h1-5,8,14H,6-7H2,(H2,13,16). The van der Waals surface area contributed by atoms with Crippen LogP contribution >= 0.6 is 0 Å². The molecule has 0 aromatic heterocycles. The van der Waals surface area contributed by atoms with Crippen LogP contribution in [0, 0.1) is 10.1 Å². The third kappa shape index (κ3) is 2.49. The molecule has 3 N–H and O–H groups in total. The number of rotatable bonds is 5. The summed E-state index contributed by atoms with van der Waals surface area (Å²) in [7, 11) is 0. The van der Waals surface area contributed by atoms with Crippen LogP contribution in [0.15, 0.2) is 42.3 Å². The van der Waals surface area contributed by atoms with Crippen molar-refractivity contribution in [2.24, 2.45) is 5.73 Å². The monoisotopic (exact) mass is 263 g/mol. The summed E-state index contributed by atoms with van der Waals surface area (Å²) in [5, 5.41) is 13.3. The molecule has 0 saturated carbocycles. The molecule has 0 saturated heterocycles. The molecule has 0 aliphatic carbocycles. The van der Waals surface area contributed by atoms with E-state index in [1.54, 1.807) is 0 Å². The number of nitrogens with two attached hydrogens (primary N) is 1. The van der Waals surface area contributed by atoms with Gasteiger partial charge in [0.05, 0.1) is 5.70 Å². The van der Waals surface area contributed by atoms with Crippen molar-refractivity contribution in [2.75, 3.05) is 0 Å². The first-order valence-corrected chi connectivity index (χ1v) is 5.68. The highest BCUT2D eigenvalue weighted by Crippen LogP contribution is 2.21. The van der Waals surface area contributed by atoms with Gasteiger partial charge in [0.1, 0.15) is 11.2 Å². The molecule has 1 aliphatic rings. The number of ether oxygens (including phenoxy) is 1. The van der Waals surface area contributed by atoms with Gasteiger partial charge in [-0.3, -0.25) is 20.2 Å². The fraction of sp³-hybridized carbons (Fsp3) is 0.250. The summed E-state index contributed by atoms with van der Waals surface area (Å²) >= 11 is 0. The number of carbonyl (C=O) groups excluding carboxylic acids is 1. The van der Waals surface area contributed by atoms with Gasteiger partial charge in [-0.15, -0.1) is 0 Å². The quantitative estimate of drug-likeness (QED) is 0.594. The minimum atomic E-state index is -2.37. The highest BCUT2D eigenvalue weighted by molar-refractivity contribution is 5.81. The lowest BCUT2D eigenvalue weighted by Crippen LogP contribution is -2.59. The van der Waals surface area contributed by atoms with Gasteiger partial charge >= 0.3 is 11.8 Å². The van der Waals surface area contributed by atoms with Crippen LogP contribution in [0.5, 0.6) is 0 Å². The number of allylic oxidation sites excluding steroid dienone is 1. The summed E-state index contributed by atoms with van der Waals surface area (Å²) in [5.41, 5.74) is 6.56. The summed E-state index contributed by atoms with van der Waals surface area (Å²) < 4.78 is 4.82. The van der Waals surface area contributed by atoms with Crippen molar-refractivity contribution < 1.29 is 14.5 Å². The van der Waals surface area contributed by atoms with E-state index in [-0.39, 0.29) is 0 Å². The number of nitrogens with one attached hydrogen (secondary N) is 1. The lowest BCUT2D eigenvalue weighted by molar-refractivity contribution is -0.606. The third-order valence-electron chi connectivity index (χ3n) is 2.82. The minimum Gasteiger partial charge on any atom is -0.410 e. The van der Waals surface area contributed by atoms with E-state index in [4.69, 9.17) is 10.5 Å². The van der Waals surface area contributed by atoms with Gasteiger partial charge < -0.3 is 10.5 Å². The van der Waals surface area contributed by atoms with Gasteiger partial charge in [-0.1, -0.05) is 30.3 Å². The number of primary amides is 1. The topological polar surface area (TPSA) is 107 Å². The molecular formula is C12H13N3O4. The molecule has 1 aromatic carbocycles. The molecule has 0 radical (unpaired) electrons. The highest BCUT2D eigenvalue weighted by Gasteiger charge is 2.56. The first-order valence-electron chi connectivity index (χ1n) is 5.68. The molecule has 1 unspecified atom stereocenters. The van der Waals surface area contributed by atoms with E-state index in [0.29, 0.717) is 18.5 Å². The first kappa shape index (κ1) is 12.9. The van der Waals surface area contributed by atoms with Crippen molar-refractivity contribution in [3.63, 3.8) is 0 Å². The number of carbonyl (C=O) groups is 1. The second-order valence-corrected chi connectivity index (χ2v) is 4.14. The van der Waals surface area contributed by atoms with Crippen LogP contribution in [0.4, 0.5) is 0 Å². The molecule has 0 fully saturated rings. The molecule has 7 nitrogen and oxygen atoms in total. The van der Waals surface area contributed by atoms with Gasteiger partial charge in [0.15, 0.2) is 0 Å². The van der Waals surface area contributed by atoms with E-state index in [0.717, 1.165) is 5.56 Å². The number of benzene rings is 1. The van der Waals surface area contributed by atoms with Crippen LogP contribution in [-0.4, -0.2) is 16.7 Å². The zero-order valence-corrected chi connectivity index (χ0v) is 10.0. The van der Waals surface area contributed by atoms with Crippen molar-refractivity contribution >= 4 is 5.91 Å². The second-order valence-electron chi connectivity index (χ2n) is 4.14. The molecule has 1 heterocycles. The normalized spacial score (nSPS) is 21.2. The van der Waals surface area contributed by atoms with Crippen LogP contribution in [0.2, 0.25) is 0 Å². The first-order chi connectivity index (χ1) is 9.04. The highest BCUT2D eigenvalue weighted by atomic mass is 16.7. The fourth-order valence-corrected chi connectivity index (χ4v) is 1.78. The Hall–Kier alpha value is -2.57. The average molecular weight is 263 g/mol. The molecular weight excluding hydrogens is 250 g/mol. The maximum atomic E-state index is 11.1. The third-order valence-corrected chi connectivity index (χ3v) is 2.82. The number of amides is 1. The maximum absolute atomic E-state index is 11.1. The van der Waals surface area contributed by atoms with Crippen molar-refractivity contribution in [3.05, 3.63) is 58.0 Å². The molecule has 2 rings (SSSR count). The number of nitro groups is 1. The van der Waals surface area contributed by atoms with Gasteiger partial charge in [0.25, 0.3) is 0 Å². The van der Waals surface area contributed by atoms with Crippen LogP contribution in [0.3, 0.4) is 0 Å². The van der Waals surface area contributed by atoms with E-state index >= 15 is 0 Å². The van der Waals surface area contributed by atoms with Gasteiger partial charge in [-0.25, -0.2) is 0 Å². The molecule has 1 amide bonds. The van der Waals surface area contributed by atoms with Crippen molar-refractivity contribution in [1.82, 2.24) is 5.32 Å². The van der Waals surface area contributed by atoms with Crippen molar-refractivity contribution in [1.29, 1.82) is 0 Å². The van der Waals surface area contributed by atoms with E-state index in [2.05, 4.69) is 5.32 Å². The predicted molar refractivity (Wildman–Crippen MR) is 66.0 cm³/mol. The molecule has 100 valence electrons. The predicted octanol–water partition coefficient (Wildman–Crippen LogP) is 0.496. The van der Waals surface area contributed by atoms with Gasteiger partial charge in [0, 0.05) is 0 Å². The summed E-state index contributed by atoms with van der Waals surface area (Å²) in [6.07, 6.45) is 2.35. The van der Waals surface area contributed by atoms with E-state index < -0.39 is 16.7 Å². The minimum absolute atomic E-state index is 0.472. The molecule has 7 heteroatoms. The Morgan fingerprint density at radius 2 is 2.05 bits per heavy atom. The smallest absolute Gasteiger partial charge is 0.410 e. The lowest BCUT2D eigenvalue weighted by atomic mass is 10.1. The summed E-state index contributed by atoms with van der Waals surface area (Å²) in [6.45, 7) is 0. The Labute approximate surface area is 109 Å². The lowest BCUT2D eigenvalue weighted by Gasteiger charge is -2.16. The van der Waals surface area contributed by atoms with Gasteiger partial charge in [0.2, 0.25) is 0 Å². The van der Waals surface area contributed by atoms with Crippen LogP contribution < -0.4 is 11.1 Å². The van der Waals surface area contributed by atoms with Crippen LogP contribution in [0.25, 0.3) is 0 Å². The fourth-order valence-electron chi connectivity index (χ4n) is 1.78. The second kappa shape index (κ2) is 4.97. The molecule has 1 aliphatic heterocycles.